The molecule has 0 aromatic carbocycles. The zero-order valence-electron chi connectivity index (χ0n) is 16.7. The minimum atomic E-state index is -0.153. The second kappa shape index (κ2) is 9.34. The lowest BCUT2D eigenvalue weighted by Gasteiger charge is -2.34. The van der Waals surface area contributed by atoms with E-state index < -0.39 is 0 Å². The zero-order chi connectivity index (χ0) is 20.1. The molecule has 1 amide bonds. The Morgan fingerprint density at radius 2 is 2.32 bits per heavy atom. The van der Waals surface area contributed by atoms with Crippen LogP contribution in [0.25, 0.3) is 0 Å². The fraction of sp³-hybridized carbons (Fsp3) is 0.550. The van der Waals surface area contributed by atoms with Gasteiger partial charge in [0, 0.05) is 44.7 Å². The highest BCUT2D eigenvalue weighted by atomic mass is 32.1. The molecule has 1 fully saturated rings. The van der Waals surface area contributed by atoms with Crippen molar-refractivity contribution in [2.45, 2.75) is 31.7 Å². The summed E-state index contributed by atoms with van der Waals surface area (Å²) in [7, 11) is 3.56. The minimum absolute atomic E-state index is 0.0842. The molecule has 0 saturated carbocycles. The number of anilines is 1. The molecule has 8 heteroatoms. The smallest absolute Gasteiger partial charge is 0.269 e. The molecular weight excluding hydrogens is 376 g/mol. The number of likely N-dealkylation sites (tertiary alicyclic amines) is 1. The van der Waals surface area contributed by atoms with E-state index in [0.717, 1.165) is 30.0 Å². The molecule has 2 atom stereocenters. The highest BCUT2D eigenvalue weighted by molar-refractivity contribution is 7.10. The number of amides is 1. The van der Waals surface area contributed by atoms with Gasteiger partial charge in [-0.2, -0.15) is 5.10 Å². The average Bonchev–Trinajstić information content (AvgIpc) is 3.25. The number of thiophene rings is 1. The molecular formula is C20H28N4O3S. The first-order valence-electron chi connectivity index (χ1n) is 9.62. The Balaban J connectivity index is 1.70. The Morgan fingerprint density at radius 1 is 1.50 bits per heavy atom. The number of likely N-dealkylation sites (N-methyl/N-ethyl adjacent to an activating group) is 1. The van der Waals surface area contributed by atoms with Gasteiger partial charge in [0.2, 0.25) is 5.91 Å². The van der Waals surface area contributed by atoms with Gasteiger partial charge in [-0.3, -0.25) is 9.59 Å². The molecule has 0 bridgehead atoms. The first kappa shape index (κ1) is 20.5. The van der Waals surface area contributed by atoms with E-state index in [2.05, 4.69) is 5.10 Å². The first-order chi connectivity index (χ1) is 13.5. The molecule has 0 unspecified atom stereocenters. The molecule has 0 N–H and O–H groups in total. The van der Waals surface area contributed by atoms with Crippen molar-refractivity contribution in [1.82, 2.24) is 14.7 Å². The van der Waals surface area contributed by atoms with E-state index in [9.17, 15) is 9.59 Å². The van der Waals surface area contributed by atoms with Gasteiger partial charge >= 0.3 is 0 Å². The molecule has 3 rings (SSSR count). The Hall–Kier alpha value is -2.19. The van der Waals surface area contributed by atoms with Gasteiger partial charge in [0.25, 0.3) is 5.56 Å². The van der Waals surface area contributed by atoms with E-state index in [4.69, 9.17) is 4.74 Å². The van der Waals surface area contributed by atoms with E-state index >= 15 is 0 Å². The van der Waals surface area contributed by atoms with E-state index in [1.807, 2.05) is 41.3 Å². The van der Waals surface area contributed by atoms with Gasteiger partial charge in [-0.25, -0.2) is 4.68 Å². The lowest BCUT2D eigenvalue weighted by atomic mass is 10.0. The standard InChI is InChI=1S/C20H28N4O3S/c1-15(18-7-5-11-28-18)20(26)23-8-4-6-16(14-23)24-19(25)12-17(13-21-24)22(2)9-10-27-3/h5,7,11-13,15-16H,4,6,8-10,14H2,1-3H3/t15-,16-/m1/s1. The SMILES string of the molecule is COCCN(C)c1cnn([C@@H]2CCCN(C(=O)[C@H](C)c3cccs3)C2)c(=O)c1. The number of carbonyl (C=O) groups excluding carboxylic acids is 1. The molecule has 2 aromatic rings. The number of nitrogens with zero attached hydrogens (tertiary/aromatic N) is 4. The van der Waals surface area contributed by atoms with Gasteiger partial charge in [0.05, 0.1) is 30.5 Å². The zero-order valence-corrected chi connectivity index (χ0v) is 17.5. The van der Waals surface area contributed by atoms with Crippen LogP contribution in [0.3, 0.4) is 0 Å². The second-order valence-electron chi connectivity index (χ2n) is 7.23. The summed E-state index contributed by atoms with van der Waals surface area (Å²) in [5.74, 6) is -0.0311. The summed E-state index contributed by atoms with van der Waals surface area (Å²) < 4.78 is 6.61. The quantitative estimate of drug-likeness (QED) is 0.709. The Kier molecular flexibility index (Phi) is 6.85. The molecule has 1 saturated heterocycles. The summed E-state index contributed by atoms with van der Waals surface area (Å²) in [6.07, 6.45) is 3.44. The second-order valence-corrected chi connectivity index (χ2v) is 8.21. The third-order valence-corrected chi connectivity index (χ3v) is 6.33. The maximum absolute atomic E-state index is 12.9. The van der Waals surface area contributed by atoms with Crippen molar-refractivity contribution >= 4 is 22.9 Å². The maximum Gasteiger partial charge on any atom is 0.269 e. The number of piperidine rings is 1. The van der Waals surface area contributed by atoms with Gasteiger partial charge < -0.3 is 14.5 Å². The summed E-state index contributed by atoms with van der Waals surface area (Å²) >= 11 is 1.60. The third-order valence-electron chi connectivity index (χ3n) is 5.28. The number of ether oxygens (including phenoxy) is 1. The molecule has 0 spiro atoms. The van der Waals surface area contributed by atoms with Crippen LogP contribution in [0.2, 0.25) is 0 Å². The van der Waals surface area contributed by atoms with Crippen molar-refractivity contribution in [3.63, 3.8) is 0 Å². The Morgan fingerprint density at radius 3 is 3.00 bits per heavy atom. The van der Waals surface area contributed by atoms with Gasteiger partial charge in [-0.15, -0.1) is 11.3 Å². The van der Waals surface area contributed by atoms with Crippen molar-refractivity contribution in [3.05, 3.63) is 45.0 Å². The molecule has 28 heavy (non-hydrogen) atoms. The molecule has 0 aliphatic carbocycles. The van der Waals surface area contributed by atoms with Gasteiger partial charge in [0.1, 0.15) is 0 Å². The van der Waals surface area contributed by atoms with Gasteiger partial charge in [0.15, 0.2) is 0 Å². The molecule has 152 valence electrons. The monoisotopic (exact) mass is 404 g/mol. The lowest BCUT2D eigenvalue weighted by molar-refractivity contribution is -0.134. The summed E-state index contributed by atoms with van der Waals surface area (Å²) in [5, 5.41) is 6.40. The average molecular weight is 405 g/mol. The number of methoxy groups -OCH3 is 1. The van der Waals surface area contributed by atoms with Crippen LogP contribution in [-0.4, -0.2) is 61.0 Å². The Labute approximate surface area is 169 Å². The molecule has 3 heterocycles. The largest absolute Gasteiger partial charge is 0.383 e. The van der Waals surface area contributed by atoms with E-state index in [1.165, 1.54) is 4.68 Å². The topological polar surface area (TPSA) is 67.7 Å². The predicted molar refractivity (Wildman–Crippen MR) is 111 cm³/mol. The first-order valence-corrected chi connectivity index (χ1v) is 10.5. The minimum Gasteiger partial charge on any atom is -0.383 e. The molecule has 1 aliphatic rings. The third kappa shape index (κ3) is 4.62. The van der Waals surface area contributed by atoms with Crippen LogP contribution in [0.1, 0.15) is 36.6 Å². The summed E-state index contributed by atoms with van der Waals surface area (Å²) in [4.78, 5) is 30.5. The highest BCUT2D eigenvalue weighted by Crippen LogP contribution is 2.26. The molecule has 0 radical (unpaired) electrons. The summed E-state index contributed by atoms with van der Waals surface area (Å²) in [6.45, 7) is 4.49. The van der Waals surface area contributed by atoms with Crippen LogP contribution < -0.4 is 10.5 Å². The van der Waals surface area contributed by atoms with Crippen LogP contribution in [-0.2, 0) is 9.53 Å². The fourth-order valence-corrected chi connectivity index (χ4v) is 4.31. The normalized spacial score (nSPS) is 18.1. The van der Waals surface area contributed by atoms with E-state index in [0.29, 0.717) is 19.7 Å². The van der Waals surface area contributed by atoms with E-state index in [1.54, 1.807) is 30.7 Å². The van der Waals surface area contributed by atoms with Crippen molar-refractivity contribution in [2.24, 2.45) is 0 Å². The summed E-state index contributed by atoms with van der Waals surface area (Å²) in [6, 6.07) is 5.49. The number of aromatic nitrogens is 2. The van der Waals surface area contributed by atoms with E-state index in [-0.39, 0.29) is 23.4 Å². The van der Waals surface area contributed by atoms with Crippen molar-refractivity contribution in [3.8, 4) is 0 Å². The van der Waals surface area contributed by atoms with Crippen molar-refractivity contribution < 1.29 is 9.53 Å². The van der Waals surface area contributed by atoms with Crippen molar-refractivity contribution in [1.29, 1.82) is 0 Å². The Bertz CT molecular complexity index is 836. The van der Waals surface area contributed by atoms with Crippen molar-refractivity contribution in [2.75, 3.05) is 45.3 Å². The van der Waals surface area contributed by atoms with Crippen LogP contribution in [0.15, 0.2) is 34.6 Å². The van der Waals surface area contributed by atoms with Crippen LogP contribution in [0.5, 0.6) is 0 Å². The molecule has 7 nitrogen and oxygen atoms in total. The number of hydrogen-bond donors (Lipinski definition) is 0. The highest BCUT2D eigenvalue weighted by Gasteiger charge is 2.29. The van der Waals surface area contributed by atoms with Crippen LogP contribution in [0.4, 0.5) is 5.69 Å². The number of hydrogen-bond acceptors (Lipinski definition) is 6. The van der Waals surface area contributed by atoms with Crippen LogP contribution >= 0.6 is 11.3 Å². The maximum atomic E-state index is 12.9. The fourth-order valence-electron chi connectivity index (χ4n) is 3.54. The van der Waals surface area contributed by atoms with Crippen LogP contribution in [0, 0.1) is 0 Å². The van der Waals surface area contributed by atoms with Gasteiger partial charge in [-0.05, 0) is 31.2 Å². The molecule has 1 aliphatic heterocycles. The number of carbonyl (C=O) groups is 1. The summed E-state index contributed by atoms with van der Waals surface area (Å²) in [5.41, 5.74) is 0.640. The molecule has 2 aromatic heterocycles. The predicted octanol–water partition coefficient (Wildman–Crippen LogP) is 2.35. The van der Waals surface area contributed by atoms with Gasteiger partial charge in [-0.1, -0.05) is 6.07 Å². The lowest BCUT2D eigenvalue weighted by Crippen LogP contribution is -2.44. The number of rotatable bonds is 7.